The van der Waals surface area contributed by atoms with Crippen molar-refractivity contribution in [3.63, 3.8) is 0 Å². The highest BCUT2D eigenvalue weighted by atomic mass is 16.6. The van der Waals surface area contributed by atoms with Crippen molar-refractivity contribution in [3.8, 4) is 11.5 Å². The van der Waals surface area contributed by atoms with Gasteiger partial charge in [-0.1, -0.05) is 29.4 Å². The Kier molecular flexibility index (Phi) is 6.79. The first-order chi connectivity index (χ1) is 12.6. The van der Waals surface area contributed by atoms with Crippen LogP contribution in [-0.4, -0.2) is 38.1 Å². The second-order valence-corrected chi connectivity index (χ2v) is 5.35. The van der Waals surface area contributed by atoms with Gasteiger partial charge in [0, 0.05) is 0 Å². The average molecular weight is 355 g/mol. The number of hydrogen-bond acceptors (Lipinski definition) is 5. The predicted molar refractivity (Wildman–Crippen MR) is 99.8 cm³/mol. The van der Waals surface area contributed by atoms with Crippen LogP contribution >= 0.6 is 0 Å². The van der Waals surface area contributed by atoms with Crippen LogP contribution in [0.1, 0.15) is 17.5 Å². The summed E-state index contributed by atoms with van der Waals surface area (Å²) >= 11 is 0. The fraction of sp³-hybridized carbons (Fsp3) is 0.200. The summed E-state index contributed by atoms with van der Waals surface area (Å²) in [6, 6.07) is 15.0. The zero-order valence-electron chi connectivity index (χ0n) is 14.9. The number of hydrogen-bond donors (Lipinski definition) is 1. The Morgan fingerprint density at radius 2 is 1.38 bits per heavy atom. The molecule has 0 atom stereocenters. The summed E-state index contributed by atoms with van der Waals surface area (Å²) in [6.07, 6.45) is 1.46. The molecule has 1 N–H and O–H groups in total. The Bertz CT molecular complexity index is 742. The highest BCUT2D eigenvalue weighted by Gasteiger charge is 2.11. The second kappa shape index (κ2) is 9.27. The fourth-order valence-corrected chi connectivity index (χ4v) is 2.42. The van der Waals surface area contributed by atoms with Crippen LogP contribution in [0.15, 0.2) is 59.8 Å². The van der Waals surface area contributed by atoms with Gasteiger partial charge in [-0.25, -0.2) is 0 Å². The predicted octanol–water partition coefficient (Wildman–Crippen LogP) is 3.61. The highest BCUT2D eigenvalue weighted by Crippen LogP contribution is 2.27. The van der Waals surface area contributed by atoms with Crippen LogP contribution < -0.4 is 9.47 Å². The first kappa shape index (κ1) is 19.1. The lowest BCUT2D eigenvalue weighted by Crippen LogP contribution is -2.06. The molecule has 6 heteroatoms. The number of benzene rings is 2. The first-order valence-electron chi connectivity index (χ1n) is 7.89. The lowest BCUT2D eigenvalue weighted by molar-refractivity contribution is -0.135. The van der Waals surface area contributed by atoms with Crippen LogP contribution in [0.4, 0.5) is 0 Å². The molecule has 2 rings (SSSR count). The van der Waals surface area contributed by atoms with Gasteiger partial charge in [0.15, 0.2) is 0 Å². The van der Waals surface area contributed by atoms with Gasteiger partial charge in [0.2, 0.25) is 0 Å². The summed E-state index contributed by atoms with van der Waals surface area (Å²) in [7, 11) is 4.59. The maximum atomic E-state index is 11.1. The maximum Gasteiger partial charge on any atom is 0.309 e. The molecule has 0 heterocycles. The van der Waals surface area contributed by atoms with Crippen LogP contribution in [0.3, 0.4) is 0 Å². The zero-order valence-corrected chi connectivity index (χ0v) is 14.9. The molecule has 6 nitrogen and oxygen atoms in total. The first-order valence-corrected chi connectivity index (χ1v) is 7.89. The van der Waals surface area contributed by atoms with Gasteiger partial charge in [-0.3, -0.25) is 4.79 Å². The molecule has 136 valence electrons. The molecule has 0 saturated heterocycles. The Balaban J connectivity index is 2.53. The summed E-state index contributed by atoms with van der Waals surface area (Å²) < 4.78 is 10.4. The molecule has 0 bridgehead atoms. The number of carbonyl (C=O) groups is 1. The minimum Gasteiger partial charge on any atom is -0.497 e. The van der Waals surface area contributed by atoms with E-state index in [4.69, 9.17) is 19.4 Å². The van der Waals surface area contributed by atoms with Gasteiger partial charge in [-0.2, -0.15) is 0 Å². The standard InChI is InChI=1S/C20H21NO5/c1-24-17-8-4-14(5-9-17)19(12-16(21-26-3)13-20(22)23)15-6-10-18(25-2)11-7-15/h4-12H,13H2,1-3H3,(H,22,23)/b21-16-. The van der Waals surface area contributed by atoms with Crippen LogP contribution in [0.2, 0.25) is 0 Å². The lowest BCUT2D eigenvalue weighted by atomic mass is 9.96. The SMILES string of the molecule is CO/N=C(/C=C(c1ccc(OC)cc1)c1ccc(OC)cc1)CC(=O)O. The fourth-order valence-electron chi connectivity index (χ4n) is 2.42. The number of nitrogens with zero attached hydrogens (tertiary/aromatic N) is 1. The van der Waals surface area contributed by atoms with E-state index in [9.17, 15) is 4.79 Å². The van der Waals surface area contributed by atoms with E-state index in [1.54, 1.807) is 20.3 Å². The normalized spacial score (nSPS) is 10.8. The summed E-state index contributed by atoms with van der Waals surface area (Å²) in [5.41, 5.74) is 2.91. The minimum absolute atomic E-state index is 0.246. The van der Waals surface area contributed by atoms with Crippen LogP contribution in [0, 0.1) is 0 Å². The number of aliphatic carboxylic acids is 1. The van der Waals surface area contributed by atoms with Crippen molar-refractivity contribution in [1.82, 2.24) is 0 Å². The van der Waals surface area contributed by atoms with Gasteiger partial charge in [0.05, 0.1) is 26.4 Å². The summed E-state index contributed by atoms with van der Waals surface area (Å²) in [4.78, 5) is 15.9. The smallest absolute Gasteiger partial charge is 0.309 e. The summed E-state index contributed by atoms with van der Waals surface area (Å²) in [5.74, 6) is 0.485. The third-order valence-corrected chi connectivity index (χ3v) is 3.65. The Hall–Kier alpha value is -3.28. The average Bonchev–Trinajstić information content (AvgIpc) is 2.66. The molecule has 0 aliphatic heterocycles. The molecule has 0 amide bonds. The molecule has 26 heavy (non-hydrogen) atoms. The number of oxime groups is 1. The van der Waals surface area contributed by atoms with Gasteiger partial charge < -0.3 is 19.4 Å². The molecule has 0 saturated carbocycles. The van der Waals surface area contributed by atoms with Gasteiger partial charge in [-0.05, 0) is 47.0 Å². The van der Waals surface area contributed by atoms with Gasteiger partial charge in [0.1, 0.15) is 18.6 Å². The Morgan fingerprint density at radius 3 is 1.73 bits per heavy atom. The molecule has 0 spiro atoms. The largest absolute Gasteiger partial charge is 0.497 e. The van der Waals surface area contributed by atoms with Crippen LogP contribution in [0.25, 0.3) is 5.57 Å². The molecule has 2 aromatic rings. The Labute approximate surface area is 152 Å². The van der Waals surface area contributed by atoms with E-state index in [-0.39, 0.29) is 6.42 Å². The number of rotatable bonds is 8. The van der Waals surface area contributed by atoms with Crippen molar-refractivity contribution in [1.29, 1.82) is 0 Å². The van der Waals surface area contributed by atoms with E-state index < -0.39 is 5.97 Å². The number of carboxylic acids is 1. The molecule has 0 fully saturated rings. The molecular weight excluding hydrogens is 334 g/mol. The number of carboxylic acid groups (broad SMARTS) is 1. The van der Waals surface area contributed by atoms with Crippen molar-refractivity contribution in [2.75, 3.05) is 21.3 Å². The number of allylic oxidation sites excluding steroid dienone is 1. The van der Waals surface area contributed by atoms with Gasteiger partial charge >= 0.3 is 5.97 Å². The van der Waals surface area contributed by atoms with Crippen molar-refractivity contribution in [2.24, 2.45) is 5.16 Å². The zero-order chi connectivity index (χ0) is 18.9. The molecule has 0 aliphatic carbocycles. The topological polar surface area (TPSA) is 77.3 Å². The Morgan fingerprint density at radius 1 is 0.923 bits per heavy atom. The van der Waals surface area contributed by atoms with Crippen LogP contribution in [-0.2, 0) is 9.63 Å². The molecule has 0 aromatic heterocycles. The number of ether oxygens (including phenoxy) is 2. The van der Waals surface area contributed by atoms with Crippen molar-refractivity contribution in [2.45, 2.75) is 6.42 Å². The minimum atomic E-state index is -0.985. The summed E-state index contributed by atoms with van der Waals surface area (Å²) in [6.45, 7) is 0. The second-order valence-electron chi connectivity index (χ2n) is 5.35. The third-order valence-electron chi connectivity index (χ3n) is 3.65. The monoisotopic (exact) mass is 355 g/mol. The quantitative estimate of drug-likeness (QED) is 0.578. The molecule has 0 aliphatic rings. The van der Waals surface area contributed by atoms with Crippen molar-refractivity contribution in [3.05, 3.63) is 65.7 Å². The van der Waals surface area contributed by atoms with Gasteiger partial charge in [-0.15, -0.1) is 0 Å². The summed E-state index contributed by atoms with van der Waals surface area (Å²) in [5, 5.41) is 12.9. The van der Waals surface area contributed by atoms with E-state index in [1.807, 2.05) is 48.5 Å². The van der Waals surface area contributed by atoms with Crippen molar-refractivity contribution < 1.29 is 24.2 Å². The lowest BCUT2D eigenvalue weighted by Gasteiger charge is -2.11. The van der Waals surface area contributed by atoms with Crippen LogP contribution in [0.5, 0.6) is 11.5 Å². The van der Waals surface area contributed by atoms with E-state index in [0.29, 0.717) is 5.71 Å². The molecular formula is C20H21NO5. The van der Waals surface area contributed by atoms with E-state index in [2.05, 4.69) is 5.16 Å². The molecule has 2 aromatic carbocycles. The number of methoxy groups -OCH3 is 2. The van der Waals surface area contributed by atoms with E-state index in [0.717, 1.165) is 28.2 Å². The molecule has 0 unspecified atom stereocenters. The maximum absolute atomic E-state index is 11.1. The molecule has 0 radical (unpaired) electrons. The highest BCUT2D eigenvalue weighted by molar-refractivity contribution is 6.10. The van der Waals surface area contributed by atoms with Gasteiger partial charge in [0.25, 0.3) is 0 Å². The van der Waals surface area contributed by atoms with E-state index in [1.165, 1.54) is 7.11 Å². The third kappa shape index (κ3) is 5.11. The van der Waals surface area contributed by atoms with E-state index >= 15 is 0 Å². The van der Waals surface area contributed by atoms with Crippen molar-refractivity contribution >= 4 is 17.3 Å².